The summed E-state index contributed by atoms with van der Waals surface area (Å²) < 4.78 is 5.74. The maximum atomic E-state index is 11.3. The van der Waals surface area contributed by atoms with E-state index in [0.717, 1.165) is 33.5 Å². The molecule has 1 aliphatic rings. The second-order valence-electron chi connectivity index (χ2n) is 5.05. The van der Waals surface area contributed by atoms with Gasteiger partial charge < -0.3 is 10.5 Å². The molecule has 21 heavy (non-hydrogen) atoms. The Morgan fingerprint density at radius 3 is 2.86 bits per heavy atom. The summed E-state index contributed by atoms with van der Waals surface area (Å²) in [5.41, 5.74) is 9.61. The zero-order chi connectivity index (χ0) is 14.4. The summed E-state index contributed by atoms with van der Waals surface area (Å²) in [6, 6.07) is 15.2. The highest BCUT2D eigenvalue weighted by Gasteiger charge is 2.19. The minimum atomic E-state index is -0.434. The van der Waals surface area contributed by atoms with Crippen LogP contribution in [-0.2, 0) is 6.61 Å². The number of ether oxygens (including phenoxy) is 1. The summed E-state index contributed by atoms with van der Waals surface area (Å²) >= 11 is 0. The number of nitrogens with two attached hydrogens (primary N) is 1. The highest BCUT2D eigenvalue weighted by molar-refractivity contribution is 5.97. The molecule has 102 valence electrons. The van der Waals surface area contributed by atoms with E-state index in [2.05, 4.69) is 0 Å². The highest BCUT2D eigenvalue weighted by atomic mass is 16.5. The summed E-state index contributed by atoms with van der Waals surface area (Å²) in [4.78, 5) is 16.0. The Bertz CT molecular complexity index is 887. The van der Waals surface area contributed by atoms with E-state index in [1.807, 2.05) is 36.4 Å². The van der Waals surface area contributed by atoms with Crippen LogP contribution in [0.15, 0.2) is 48.5 Å². The van der Waals surface area contributed by atoms with Gasteiger partial charge in [-0.1, -0.05) is 12.1 Å². The van der Waals surface area contributed by atoms with Gasteiger partial charge >= 0.3 is 0 Å². The zero-order valence-corrected chi connectivity index (χ0v) is 11.2. The van der Waals surface area contributed by atoms with E-state index in [1.165, 1.54) is 0 Å². The molecule has 2 N–H and O–H groups in total. The van der Waals surface area contributed by atoms with Crippen LogP contribution in [0.1, 0.15) is 15.9 Å². The summed E-state index contributed by atoms with van der Waals surface area (Å²) in [6.07, 6.45) is 0. The average molecular weight is 276 g/mol. The molecular weight excluding hydrogens is 264 g/mol. The number of nitrogens with zero attached hydrogens (tertiary/aromatic N) is 1. The number of aromatic nitrogens is 1. The van der Waals surface area contributed by atoms with Gasteiger partial charge in [0.25, 0.3) is 0 Å². The third kappa shape index (κ3) is 1.84. The van der Waals surface area contributed by atoms with E-state index < -0.39 is 5.91 Å². The first-order chi connectivity index (χ1) is 10.2. The second-order valence-corrected chi connectivity index (χ2v) is 5.05. The smallest absolute Gasteiger partial charge is 0.248 e. The third-order valence-corrected chi connectivity index (χ3v) is 3.70. The van der Waals surface area contributed by atoms with Gasteiger partial charge in [-0.25, -0.2) is 4.98 Å². The second kappa shape index (κ2) is 4.31. The van der Waals surface area contributed by atoms with Gasteiger partial charge in [0.2, 0.25) is 5.91 Å². The molecule has 0 bridgehead atoms. The van der Waals surface area contributed by atoms with Gasteiger partial charge in [0.1, 0.15) is 12.4 Å². The molecule has 4 nitrogen and oxygen atoms in total. The van der Waals surface area contributed by atoms with E-state index in [9.17, 15) is 4.79 Å². The van der Waals surface area contributed by atoms with Gasteiger partial charge in [0.15, 0.2) is 0 Å². The number of primary amides is 1. The van der Waals surface area contributed by atoms with Crippen LogP contribution in [0.2, 0.25) is 0 Å². The molecule has 3 aromatic rings. The van der Waals surface area contributed by atoms with E-state index in [4.69, 9.17) is 15.5 Å². The minimum absolute atomic E-state index is 0.434. The lowest BCUT2D eigenvalue weighted by molar-refractivity contribution is 0.100. The summed E-state index contributed by atoms with van der Waals surface area (Å²) in [5.74, 6) is 0.418. The number of carbonyl (C=O) groups excluding carboxylic acids is 1. The summed E-state index contributed by atoms with van der Waals surface area (Å²) in [6.45, 7) is 0.482. The van der Waals surface area contributed by atoms with Gasteiger partial charge in [0, 0.05) is 22.1 Å². The quantitative estimate of drug-likeness (QED) is 0.743. The summed E-state index contributed by atoms with van der Waals surface area (Å²) in [7, 11) is 0. The van der Waals surface area contributed by atoms with E-state index in [0.29, 0.717) is 12.2 Å². The number of rotatable bonds is 1. The fourth-order valence-electron chi connectivity index (χ4n) is 2.66. The van der Waals surface area contributed by atoms with Crippen LogP contribution in [0.25, 0.3) is 22.2 Å². The van der Waals surface area contributed by atoms with Crippen molar-refractivity contribution in [2.24, 2.45) is 5.73 Å². The molecule has 1 aliphatic heterocycles. The maximum Gasteiger partial charge on any atom is 0.248 e. The number of hydrogen-bond donors (Lipinski definition) is 1. The lowest BCUT2D eigenvalue weighted by Gasteiger charge is -2.20. The van der Waals surface area contributed by atoms with Crippen LogP contribution in [-0.4, -0.2) is 10.9 Å². The maximum absolute atomic E-state index is 11.3. The molecule has 0 radical (unpaired) electrons. The van der Waals surface area contributed by atoms with Gasteiger partial charge in [0.05, 0.1) is 11.2 Å². The first-order valence-electron chi connectivity index (χ1n) is 6.68. The first-order valence-corrected chi connectivity index (χ1v) is 6.68. The molecule has 1 amide bonds. The molecule has 0 saturated carbocycles. The Morgan fingerprint density at radius 2 is 2.00 bits per heavy atom. The standard InChI is InChI=1S/C17H12N2O2/c18-17(20)10-5-6-14-11(7-10)8-12-9-21-15-4-2-1-3-13(15)16(12)19-14/h1-8H,9H2,(H2,18,20). The molecule has 0 unspecified atom stereocenters. The van der Waals surface area contributed by atoms with Crippen molar-refractivity contribution in [3.63, 3.8) is 0 Å². The van der Waals surface area contributed by atoms with Crippen LogP contribution >= 0.6 is 0 Å². The van der Waals surface area contributed by atoms with Crippen LogP contribution in [0.5, 0.6) is 5.75 Å². The van der Waals surface area contributed by atoms with Gasteiger partial charge in [-0.05, 0) is 36.4 Å². The van der Waals surface area contributed by atoms with Crippen LogP contribution in [0.4, 0.5) is 0 Å². The van der Waals surface area contributed by atoms with Crippen LogP contribution in [0.3, 0.4) is 0 Å². The number of pyridine rings is 1. The van der Waals surface area contributed by atoms with Gasteiger partial charge in [-0.3, -0.25) is 4.79 Å². The Hall–Kier alpha value is -2.88. The van der Waals surface area contributed by atoms with Crippen molar-refractivity contribution >= 4 is 16.8 Å². The molecule has 0 spiro atoms. The van der Waals surface area contributed by atoms with Crippen molar-refractivity contribution in [3.05, 3.63) is 59.7 Å². The number of amides is 1. The highest BCUT2D eigenvalue weighted by Crippen LogP contribution is 2.37. The Kier molecular flexibility index (Phi) is 2.44. The molecule has 4 heteroatoms. The molecule has 4 rings (SSSR count). The number of benzene rings is 2. The number of fused-ring (bicyclic) bond motifs is 4. The molecular formula is C17H12N2O2. The van der Waals surface area contributed by atoms with E-state index in [-0.39, 0.29) is 0 Å². The lowest BCUT2D eigenvalue weighted by Crippen LogP contribution is -2.11. The van der Waals surface area contributed by atoms with Gasteiger partial charge in [-0.15, -0.1) is 0 Å². The third-order valence-electron chi connectivity index (χ3n) is 3.70. The lowest BCUT2D eigenvalue weighted by atomic mass is 10.00. The first kappa shape index (κ1) is 11.9. The Balaban J connectivity index is 1.97. The molecule has 2 heterocycles. The fraction of sp³-hybridized carbons (Fsp3) is 0.0588. The van der Waals surface area contributed by atoms with E-state index >= 15 is 0 Å². The fourth-order valence-corrected chi connectivity index (χ4v) is 2.66. The monoisotopic (exact) mass is 276 g/mol. The predicted molar refractivity (Wildman–Crippen MR) is 80.0 cm³/mol. The molecule has 1 aromatic heterocycles. The van der Waals surface area contributed by atoms with Crippen molar-refractivity contribution < 1.29 is 9.53 Å². The molecule has 0 atom stereocenters. The van der Waals surface area contributed by atoms with E-state index in [1.54, 1.807) is 12.1 Å². The number of hydrogen-bond acceptors (Lipinski definition) is 3. The SMILES string of the molecule is NC(=O)c1ccc2nc3c(cc2c1)COc1ccccc1-3. The molecule has 0 saturated heterocycles. The van der Waals surface area contributed by atoms with Crippen molar-refractivity contribution in [3.8, 4) is 17.0 Å². The molecule has 0 aliphatic carbocycles. The average Bonchev–Trinajstić information content (AvgIpc) is 2.52. The van der Waals surface area contributed by atoms with Crippen molar-refractivity contribution in [2.75, 3.05) is 0 Å². The van der Waals surface area contributed by atoms with Crippen molar-refractivity contribution in [2.45, 2.75) is 6.61 Å². The topological polar surface area (TPSA) is 65.2 Å². The van der Waals surface area contributed by atoms with Crippen LogP contribution < -0.4 is 10.5 Å². The predicted octanol–water partition coefficient (Wildman–Crippen LogP) is 2.89. The van der Waals surface area contributed by atoms with Gasteiger partial charge in [-0.2, -0.15) is 0 Å². The van der Waals surface area contributed by atoms with Crippen LogP contribution in [0, 0.1) is 0 Å². The molecule has 2 aromatic carbocycles. The number of para-hydroxylation sites is 1. The Morgan fingerprint density at radius 1 is 1.14 bits per heavy atom. The zero-order valence-electron chi connectivity index (χ0n) is 11.2. The minimum Gasteiger partial charge on any atom is -0.488 e. The largest absolute Gasteiger partial charge is 0.488 e. The van der Waals surface area contributed by atoms with Crippen molar-refractivity contribution in [1.29, 1.82) is 0 Å². The Labute approximate surface area is 121 Å². The molecule has 0 fully saturated rings. The summed E-state index contributed by atoms with van der Waals surface area (Å²) in [5, 5.41) is 0.896. The number of carbonyl (C=O) groups is 1. The van der Waals surface area contributed by atoms with Crippen molar-refractivity contribution in [1.82, 2.24) is 4.98 Å². The normalized spacial score (nSPS) is 12.4.